The minimum atomic E-state index is 0.343. The van der Waals surface area contributed by atoms with Gasteiger partial charge in [0, 0.05) is 18.6 Å². The van der Waals surface area contributed by atoms with E-state index in [0.29, 0.717) is 17.5 Å². The molecule has 1 aliphatic carbocycles. The zero-order chi connectivity index (χ0) is 11.9. The van der Waals surface area contributed by atoms with Crippen molar-refractivity contribution in [3.63, 3.8) is 0 Å². The number of hydrogen-bond donors (Lipinski definition) is 2. The van der Waals surface area contributed by atoms with Crippen LogP contribution in [0.1, 0.15) is 49.8 Å². The molecule has 2 fully saturated rings. The second kappa shape index (κ2) is 4.11. The zero-order valence-electron chi connectivity index (χ0n) is 10.6. The lowest BCUT2D eigenvalue weighted by molar-refractivity contribution is 0.373. The van der Waals surface area contributed by atoms with Crippen molar-refractivity contribution in [2.45, 2.75) is 50.1 Å². The van der Waals surface area contributed by atoms with Gasteiger partial charge in [-0.2, -0.15) is 0 Å². The first-order valence-electron chi connectivity index (χ1n) is 6.77. The van der Waals surface area contributed by atoms with Gasteiger partial charge in [0.1, 0.15) is 0 Å². The molecule has 1 aromatic rings. The molecule has 1 saturated heterocycles. The largest absolute Gasteiger partial charge is 0.327 e. The number of rotatable bonds is 2. The van der Waals surface area contributed by atoms with Gasteiger partial charge in [-0.3, -0.25) is 0 Å². The van der Waals surface area contributed by atoms with E-state index >= 15 is 0 Å². The minimum absolute atomic E-state index is 0.343. The smallest absolute Gasteiger partial charge is 0.0321 e. The van der Waals surface area contributed by atoms with E-state index < -0.39 is 0 Å². The molecule has 0 radical (unpaired) electrons. The first kappa shape index (κ1) is 11.2. The highest BCUT2D eigenvalue weighted by atomic mass is 15.0. The maximum atomic E-state index is 5.90. The fraction of sp³-hybridized carbons (Fsp3) is 0.600. The third-order valence-corrected chi connectivity index (χ3v) is 4.46. The van der Waals surface area contributed by atoms with Crippen molar-refractivity contribution in [1.82, 2.24) is 5.32 Å². The van der Waals surface area contributed by atoms with Crippen LogP contribution in [-0.4, -0.2) is 12.6 Å². The zero-order valence-corrected chi connectivity index (χ0v) is 10.6. The molecule has 1 saturated carbocycles. The maximum absolute atomic E-state index is 5.90. The molecule has 3 N–H and O–H groups in total. The number of nitrogens with one attached hydrogen (secondary N) is 1. The number of benzene rings is 1. The predicted molar refractivity (Wildman–Crippen MR) is 71.0 cm³/mol. The summed E-state index contributed by atoms with van der Waals surface area (Å²) in [5.41, 5.74) is 9.32. The van der Waals surface area contributed by atoms with Gasteiger partial charge in [0.2, 0.25) is 0 Å². The summed E-state index contributed by atoms with van der Waals surface area (Å²) in [5, 5.41) is 3.53. The molecule has 2 atom stereocenters. The molecular weight excluding hydrogens is 208 g/mol. The summed E-state index contributed by atoms with van der Waals surface area (Å²) in [6.07, 6.45) is 5.00. The highest BCUT2D eigenvalue weighted by Crippen LogP contribution is 2.47. The number of nitrogens with two attached hydrogens (primary N) is 1. The van der Waals surface area contributed by atoms with Crippen molar-refractivity contribution >= 4 is 0 Å². The van der Waals surface area contributed by atoms with Gasteiger partial charge in [0.15, 0.2) is 0 Å². The molecule has 2 heteroatoms. The Labute approximate surface area is 104 Å². The van der Waals surface area contributed by atoms with Crippen LogP contribution < -0.4 is 11.1 Å². The van der Waals surface area contributed by atoms with Crippen molar-refractivity contribution in [2.75, 3.05) is 6.54 Å². The number of piperidine rings is 1. The van der Waals surface area contributed by atoms with Crippen molar-refractivity contribution in [3.05, 3.63) is 35.4 Å². The monoisotopic (exact) mass is 230 g/mol. The average Bonchev–Trinajstić information content (AvgIpc) is 3.10. The highest BCUT2D eigenvalue weighted by Gasteiger charge is 2.38. The molecule has 0 bridgehead atoms. The Morgan fingerprint density at radius 2 is 1.88 bits per heavy atom. The van der Waals surface area contributed by atoms with E-state index in [9.17, 15) is 0 Å². The molecule has 0 aromatic heterocycles. The Morgan fingerprint density at radius 3 is 2.41 bits per heavy atom. The molecule has 0 amide bonds. The first-order valence-corrected chi connectivity index (χ1v) is 6.77. The van der Waals surface area contributed by atoms with Crippen molar-refractivity contribution in [1.29, 1.82) is 0 Å². The lowest BCUT2D eigenvalue weighted by atomic mass is 9.92. The van der Waals surface area contributed by atoms with Gasteiger partial charge < -0.3 is 11.1 Å². The highest BCUT2D eigenvalue weighted by molar-refractivity contribution is 5.33. The van der Waals surface area contributed by atoms with Crippen molar-refractivity contribution < 1.29 is 0 Å². The van der Waals surface area contributed by atoms with E-state index in [0.717, 1.165) is 19.4 Å². The summed E-state index contributed by atoms with van der Waals surface area (Å²) in [4.78, 5) is 0. The van der Waals surface area contributed by atoms with Crippen LogP contribution in [0.2, 0.25) is 0 Å². The molecular formula is C15H22N2. The van der Waals surface area contributed by atoms with Crippen LogP contribution >= 0.6 is 0 Å². The quantitative estimate of drug-likeness (QED) is 0.819. The average molecular weight is 230 g/mol. The van der Waals surface area contributed by atoms with E-state index in [2.05, 4.69) is 36.5 Å². The summed E-state index contributed by atoms with van der Waals surface area (Å²) in [6.45, 7) is 3.31. The molecule has 1 heterocycles. The topological polar surface area (TPSA) is 38.0 Å². The molecule has 92 valence electrons. The van der Waals surface area contributed by atoms with Crippen LogP contribution in [0, 0.1) is 0 Å². The molecule has 2 unspecified atom stereocenters. The van der Waals surface area contributed by atoms with Crippen molar-refractivity contribution in [3.8, 4) is 0 Å². The fourth-order valence-corrected chi connectivity index (χ4v) is 2.76. The van der Waals surface area contributed by atoms with E-state index in [1.807, 2.05) is 0 Å². The summed E-state index contributed by atoms with van der Waals surface area (Å²) in [5.74, 6) is 0. The van der Waals surface area contributed by atoms with Crippen molar-refractivity contribution in [2.24, 2.45) is 5.73 Å². The van der Waals surface area contributed by atoms with Gasteiger partial charge >= 0.3 is 0 Å². The lowest BCUT2D eigenvalue weighted by Crippen LogP contribution is -2.41. The van der Waals surface area contributed by atoms with Crippen LogP contribution in [0.15, 0.2) is 24.3 Å². The normalized spacial score (nSPS) is 31.2. The van der Waals surface area contributed by atoms with E-state index in [1.54, 1.807) is 0 Å². The van der Waals surface area contributed by atoms with E-state index in [1.165, 1.54) is 24.0 Å². The maximum Gasteiger partial charge on any atom is 0.0321 e. The van der Waals surface area contributed by atoms with Crippen LogP contribution in [-0.2, 0) is 5.41 Å². The molecule has 2 nitrogen and oxygen atoms in total. The fourth-order valence-electron chi connectivity index (χ4n) is 2.76. The lowest BCUT2D eigenvalue weighted by Gasteiger charge is -2.28. The second-order valence-electron chi connectivity index (χ2n) is 5.98. The summed E-state index contributed by atoms with van der Waals surface area (Å²) < 4.78 is 0. The van der Waals surface area contributed by atoms with Gasteiger partial charge in [-0.15, -0.1) is 0 Å². The van der Waals surface area contributed by atoms with Crippen LogP contribution in [0.25, 0.3) is 0 Å². The Hall–Kier alpha value is -0.860. The SMILES string of the molecule is CC1(c2ccc(C3CCC(N)CN3)cc2)CC1. The standard InChI is InChI=1S/C15H22N2/c1-15(8-9-15)12-4-2-11(3-5-12)14-7-6-13(16)10-17-14/h2-5,13-14,17H,6-10,16H2,1H3. The Kier molecular flexibility index (Phi) is 2.72. The van der Waals surface area contributed by atoms with Gasteiger partial charge in [0.25, 0.3) is 0 Å². The summed E-state index contributed by atoms with van der Waals surface area (Å²) >= 11 is 0. The van der Waals surface area contributed by atoms with Crippen LogP contribution in [0.5, 0.6) is 0 Å². The van der Waals surface area contributed by atoms with Crippen LogP contribution in [0.3, 0.4) is 0 Å². The third kappa shape index (κ3) is 2.24. The molecule has 2 aliphatic rings. The molecule has 1 aliphatic heterocycles. The number of hydrogen-bond acceptors (Lipinski definition) is 2. The molecule has 3 rings (SSSR count). The van der Waals surface area contributed by atoms with Gasteiger partial charge in [-0.05, 0) is 42.2 Å². The van der Waals surface area contributed by atoms with Crippen LogP contribution in [0.4, 0.5) is 0 Å². The molecule has 0 spiro atoms. The minimum Gasteiger partial charge on any atom is -0.327 e. The predicted octanol–water partition coefficient (Wildman–Crippen LogP) is 2.49. The first-order chi connectivity index (χ1) is 8.17. The van der Waals surface area contributed by atoms with Gasteiger partial charge in [-0.25, -0.2) is 0 Å². The van der Waals surface area contributed by atoms with Gasteiger partial charge in [0.05, 0.1) is 0 Å². The van der Waals surface area contributed by atoms with E-state index in [4.69, 9.17) is 5.73 Å². The third-order valence-electron chi connectivity index (χ3n) is 4.46. The molecule has 1 aromatic carbocycles. The van der Waals surface area contributed by atoms with E-state index in [-0.39, 0.29) is 0 Å². The van der Waals surface area contributed by atoms with Gasteiger partial charge in [-0.1, -0.05) is 31.2 Å². The molecule has 17 heavy (non-hydrogen) atoms. The second-order valence-corrected chi connectivity index (χ2v) is 5.98. The Bertz CT molecular complexity index is 384. The summed E-state index contributed by atoms with van der Waals surface area (Å²) in [7, 11) is 0. The Balaban J connectivity index is 1.71. The summed E-state index contributed by atoms with van der Waals surface area (Å²) in [6, 6.07) is 10.1. The Morgan fingerprint density at radius 1 is 1.18 bits per heavy atom.